The Kier molecular flexibility index (Phi) is 10.3. The fourth-order valence-electron chi connectivity index (χ4n) is 3.07. The molecule has 0 aliphatic heterocycles. The van der Waals surface area contributed by atoms with Crippen molar-refractivity contribution in [3.05, 3.63) is 96.2 Å². The van der Waals surface area contributed by atoms with E-state index in [0.717, 1.165) is 28.3 Å². The Balaban J connectivity index is 0.000000324. The fourth-order valence-corrected chi connectivity index (χ4v) is 3.07. The summed E-state index contributed by atoms with van der Waals surface area (Å²) in [6.07, 6.45) is 0. The van der Waals surface area contributed by atoms with Crippen LogP contribution >= 0.6 is 0 Å². The van der Waals surface area contributed by atoms with E-state index >= 15 is 0 Å². The molecule has 0 spiro atoms. The summed E-state index contributed by atoms with van der Waals surface area (Å²) in [7, 11) is 3.51. The molecule has 0 aliphatic carbocycles. The molecule has 5 heteroatoms. The summed E-state index contributed by atoms with van der Waals surface area (Å²) < 4.78 is 6.05. The SMILES string of the molecule is CNC(C)=O.CNc1ccc(-c2oc(-c3ccc(C(C)(C)C)cc3)nc2C)cc1.c1ccccc1. The van der Waals surface area contributed by atoms with Crippen LogP contribution in [0.4, 0.5) is 5.69 Å². The van der Waals surface area contributed by atoms with E-state index in [1.165, 1.54) is 12.5 Å². The second-order valence-corrected chi connectivity index (χ2v) is 9.05. The molecule has 0 fully saturated rings. The zero-order chi connectivity index (χ0) is 25.8. The standard InChI is InChI=1S/C21H24N2O.C6H6.C3H7NO/c1-14-19(15-8-12-18(22-5)13-9-15)24-20(23-14)16-6-10-17(11-7-16)21(2,3)4;1-2-4-6-5-3-1;1-3(5)4-2/h6-13,22H,1-5H3;1-6H;1-2H3,(H,4,5). The van der Waals surface area contributed by atoms with Crippen LogP contribution in [-0.4, -0.2) is 25.0 Å². The van der Waals surface area contributed by atoms with Gasteiger partial charge in [-0.2, -0.15) is 0 Å². The minimum Gasteiger partial charge on any atom is -0.436 e. The van der Waals surface area contributed by atoms with E-state index in [1.807, 2.05) is 74.6 Å². The maximum atomic E-state index is 9.70. The van der Waals surface area contributed by atoms with E-state index in [2.05, 4.69) is 60.7 Å². The van der Waals surface area contributed by atoms with Crippen molar-refractivity contribution in [3.63, 3.8) is 0 Å². The molecular weight excluding hydrogens is 434 g/mol. The third-order valence-electron chi connectivity index (χ3n) is 5.25. The molecule has 4 rings (SSSR count). The van der Waals surface area contributed by atoms with Gasteiger partial charge in [0.2, 0.25) is 11.8 Å². The molecule has 0 atom stereocenters. The van der Waals surface area contributed by atoms with Crippen LogP contribution in [0.25, 0.3) is 22.8 Å². The lowest BCUT2D eigenvalue weighted by molar-refractivity contribution is -0.118. The van der Waals surface area contributed by atoms with Crippen molar-refractivity contribution in [2.24, 2.45) is 0 Å². The Morgan fingerprint density at radius 3 is 1.66 bits per heavy atom. The second-order valence-electron chi connectivity index (χ2n) is 9.05. The number of nitrogens with one attached hydrogen (secondary N) is 2. The predicted octanol–water partition coefficient (Wildman–Crippen LogP) is 7.10. The van der Waals surface area contributed by atoms with Gasteiger partial charge in [0.25, 0.3) is 0 Å². The average molecular weight is 472 g/mol. The molecule has 0 saturated heterocycles. The van der Waals surface area contributed by atoms with E-state index in [9.17, 15) is 4.79 Å². The number of hydrogen-bond acceptors (Lipinski definition) is 4. The lowest BCUT2D eigenvalue weighted by Crippen LogP contribution is -2.11. The predicted molar refractivity (Wildman–Crippen MR) is 147 cm³/mol. The molecule has 1 aromatic heterocycles. The van der Waals surface area contributed by atoms with Crippen molar-refractivity contribution in [3.8, 4) is 22.8 Å². The van der Waals surface area contributed by atoms with E-state index in [0.29, 0.717) is 5.89 Å². The smallest absolute Gasteiger partial charge is 0.226 e. The van der Waals surface area contributed by atoms with Crippen LogP contribution in [0.1, 0.15) is 39.0 Å². The van der Waals surface area contributed by atoms with Gasteiger partial charge < -0.3 is 15.1 Å². The van der Waals surface area contributed by atoms with Gasteiger partial charge in [-0.15, -0.1) is 0 Å². The summed E-state index contributed by atoms with van der Waals surface area (Å²) in [6.45, 7) is 10.1. The van der Waals surface area contributed by atoms with Crippen LogP contribution in [0.2, 0.25) is 0 Å². The molecule has 0 saturated carbocycles. The van der Waals surface area contributed by atoms with Crippen molar-refractivity contribution in [1.29, 1.82) is 0 Å². The molecule has 1 heterocycles. The van der Waals surface area contributed by atoms with Gasteiger partial charge >= 0.3 is 0 Å². The summed E-state index contributed by atoms with van der Waals surface area (Å²) in [5, 5.41) is 5.51. The number of amides is 1. The number of carbonyl (C=O) groups excluding carboxylic acids is 1. The van der Waals surface area contributed by atoms with Gasteiger partial charge in [0.15, 0.2) is 5.76 Å². The van der Waals surface area contributed by atoms with Crippen molar-refractivity contribution in [2.75, 3.05) is 19.4 Å². The lowest BCUT2D eigenvalue weighted by atomic mass is 9.87. The highest BCUT2D eigenvalue weighted by Gasteiger charge is 2.16. The first-order valence-electron chi connectivity index (χ1n) is 11.7. The van der Waals surface area contributed by atoms with Crippen LogP contribution in [-0.2, 0) is 10.2 Å². The Morgan fingerprint density at radius 1 is 0.800 bits per heavy atom. The Labute approximate surface area is 209 Å². The number of rotatable bonds is 3. The quantitative estimate of drug-likeness (QED) is 0.334. The third-order valence-corrected chi connectivity index (χ3v) is 5.25. The first kappa shape index (κ1) is 27.4. The maximum absolute atomic E-state index is 9.70. The molecule has 1 amide bonds. The number of aryl methyl sites for hydroxylation is 1. The molecule has 0 unspecified atom stereocenters. The van der Waals surface area contributed by atoms with Crippen molar-refractivity contribution >= 4 is 11.6 Å². The number of benzene rings is 3. The number of carbonyl (C=O) groups is 1. The normalized spacial score (nSPS) is 10.3. The molecule has 2 N–H and O–H groups in total. The lowest BCUT2D eigenvalue weighted by Gasteiger charge is -2.18. The summed E-state index contributed by atoms with van der Waals surface area (Å²) >= 11 is 0. The van der Waals surface area contributed by atoms with Gasteiger partial charge in [-0.1, -0.05) is 69.3 Å². The van der Waals surface area contributed by atoms with Crippen LogP contribution in [0, 0.1) is 6.92 Å². The van der Waals surface area contributed by atoms with E-state index in [1.54, 1.807) is 7.05 Å². The minimum atomic E-state index is 0.00463. The van der Waals surface area contributed by atoms with E-state index < -0.39 is 0 Å². The van der Waals surface area contributed by atoms with Gasteiger partial charge in [0, 0.05) is 37.8 Å². The largest absolute Gasteiger partial charge is 0.436 e. The highest BCUT2D eigenvalue weighted by atomic mass is 16.4. The fraction of sp³-hybridized carbons (Fsp3) is 0.267. The highest BCUT2D eigenvalue weighted by molar-refractivity contribution is 5.72. The number of anilines is 1. The molecule has 0 aliphatic rings. The number of aromatic nitrogens is 1. The maximum Gasteiger partial charge on any atom is 0.226 e. The van der Waals surface area contributed by atoms with Gasteiger partial charge in [-0.25, -0.2) is 4.98 Å². The monoisotopic (exact) mass is 471 g/mol. The minimum absolute atomic E-state index is 0.00463. The third kappa shape index (κ3) is 8.78. The summed E-state index contributed by atoms with van der Waals surface area (Å²) in [5.41, 5.74) is 5.47. The molecule has 3 aromatic carbocycles. The van der Waals surface area contributed by atoms with Crippen LogP contribution < -0.4 is 10.6 Å². The van der Waals surface area contributed by atoms with Crippen LogP contribution in [0.15, 0.2) is 89.3 Å². The highest BCUT2D eigenvalue weighted by Crippen LogP contribution is 2.31. The Morgan fingerprint density at radius 2 is 1.26 bits per heavy atom. The van der Waals surface area contributed by atoms with E-state index in [4.69, 9.17) is 4.42 Å². The molecule has 0 radical (unpaired) electrons. The first-order valence-corrected chi connectivity index (χ1v) is 11.7. The van der Waals surface area contributed by atoms with Gasteiger partial charge in [0.05, 0.1) is 5.69 Å². The first-order chi connectivity index (χ1) is 16.7. The Hall–Kier alpha value is -3.86. The molecule has 5 nitrogen and oxygen atoms in total. The molecule has 35 heavy (non-hydrogen) atoms. The van der Waals surface area contributed by atoms with E-state index in [-0.39, 0.29) is 11.3 Å². The van der Waals surface area contributed by atoms with Gasteiger partial charge in [-0.05, 0) is 54.3 Å². The topological polar surface area (TPSA) is 67.2 Å². The number of nitrogens with zero attached hydrogens (tertiary/aromatic N) is 1. The molecule has 4 aromatic rings. The van der Waals surface area contributed by atoms with Gasteiger partial charge in [0.1, 0.15) is 0 Å². The zero-order valence-corrected chi connectivity index (χ0v) is 21.8. The Bertz CT molecular complexity index is 1130. The van der Waals surface area contributed by atoms with Crippen LogP contribution in [0.5, 0.6) is 0 Å². The molecule has 0 bridgehead atoms. The molecular formula is C30H37N3O2. The van der Waals surface area contributed by atoms with Gasteiger partial charge in [-0.3, -0.25) is 4.79 Å². The number of hydrogen-bond donors (Lipinski definition) is 2. The second kappa shape index (κ2) is 13.1. The number of oxazole rings is 1. The van der Waals surface area contributed by atoms with Crippen molar-refractivity contribution in [2.45, 2.75) is 40.0 Å². The van der Waals surface area contributed by atoms with Crippen molar-refractivity contribution in [1.82, 2.24) is 10.3 Å². The summed E-state index contributed by atoms with van der Waals surface area (Å²) in [4.78, 5) is 14.3. The summed E-state index contributed by atoms with van der Waals surface area (Å²) in [5.74, 6) is 1.50. The summed E-state index contributed by atoms with van der Waals surface area (Å²) in [6, 6.07) is 28.6. The van der Waals surface area contributed by atoms with Crippen molar-refractivity contribution < 1.29 is 9.21 Å². The van der Waals surface area contributed by atoms with Crippen LogP contribution in [0.3, 0.4) is 0 Å². The average Bonchev–Trinajstić information content (AvgIpc) is 3.27. The molecule has 184 valence electrons. The zero-order valence-electron chi connectivity index (χ0n) is 21.8.